The molecule has 2 unspecified atom stereocenters. The van der Waals surface area contributed by atoms with Crippen molar-refractivity contribution in [2.24, 2.45) is 0 Å². The van der Waals surface area contributed by atoms with Crippen LogP contribution in [0, 0.1) is 0 Å². The molecule has 0 aromatic heterocycles. The van der Waals surface area contributed by atoms with E-state index in [1.807, 2.05) is 0 Å². The normalized spacial score (nSPS) is 38.5. The van der Waals surface area contributed by atoms with Crippen LogP contribution in [0.4, 0.5) is 0 Å². The number of rotatable bonds is 5. The molecular weight excluding hydrogens is 264 g/mol. The van der Waals surface area contributed by atoms with Crippen LogP contribution in [0.2, 0.25) is 0 Å². The van der Waals surface area contributed by atoms with Crippen molar-refractivity contribution >= 4 is 0 Å². The Balaban J connectivity index is 2.68. The Morgan fingerprint density at radius 3 is 2.05 bits per heavy atom. The Labute approximate surface area is 108 Å². The molecule has 0 aliphatic carbocycles. The summed E-state index contributed by atoms with van der Waals surface area (Å²) in [6.07, 6.45) is -13.3. The largest absolute Gasteiger partial charge is 0.394 e. The zero-order chi connectivity index (χ0) is 14.7. The molecule has 1 rings (SSSR count). The third kappa shape index (κ3) is 3.60. The number of hydrogen-bond acceptors (Lipinski definition) is 9. The maximum Gasteiger partial charge on any atom is 0.115 e. The fourth-order valence-corrected chi connectivity index (χ4v) is 1.86. The molecule has 0 saturated carbocycles. The van der Waals surface area contributed by atoms with Crippen molar-refractivity contribution in [1.82, 2.24) is 0 Å². The maximum atomic E-state index is 9.75. The van der Waals surface area contributed by atoms with Gasteiger partial charge in [-0.15, -0.1) is 0 Å². The second-order valence-electron chi connectivity index (χ2n) is 4.57. The van der Waals surface area contributed by atoms with Gasteiger partial charge in [0.1, 0.15) is 48.8 Å². The van der Waals surface area contributed by atoms with E-state index < -0.39 is 55.4 Å². The molecule has 1 heterocycles. The Bertz CT molecular complexity index is 276. The van der Waals surface area contributed by atoms with Crippen molar-refractivity contribution < 1.29 is 45.6 Å². The average Bonchev–Trinajstić information content (AvgIpc) is 2.41. The molecule has 0 amide bonds. The molecule has 0 aromatic carbocycles. The Kier molecular flexibility index (Phi) is 6.05. The molecule has 1 saturated heterocycles. The minimum atomic E-state index is -1.91. The molecule has 0 aromatic rings. The van der Waals surface area contributed by atoms with E-state index in [0.717, 1.165) is 0 Å². The number of hydrogen-bond donors (Lipinski definition) is 8. The second-order valence-corrected chi connectivity index (χ2v) is 4.57. The highest BCUT2D eigenvalue weighted by molar-refractivity contribution is 4.94. The van der Waals surface area contributed by atoms with Gasteiger partial charge in [-0.2, -0.15) is 0 Å². The van der Waals surface area contributed by atoms with Crippen LogP contribution in [0.15, 0.2) is 0 Å². The number of aliphatic hydroxyl groups is 8. The molecule has 19 heavy (non-hydrogen) atoms. The summed E-state index contributed by atoms with van der Waals surface area (Å²) in [6, 6.07) is 0. The fraction of sp³-hybridized carbons (Fsp3) is 1.00. The minimum absolute atomic E-state index is 0.370. The SMILES string of the molecule is OC[C@@H](O)[C@@H](O)[C@@H](O)C(O)C1OC[C@@H](O)[C@H](O)[C@H]1O. The van der Waals surface area contributed by atoms with Gasteiger partial charge in [0.25, 0.3) is 0 Å². The summed E-state index contributed by atoms with van der Waals surface area (Å²) in [6.45, 7) is -1.20. The van der Waals surface area contributed by atoms with E-state index in [1.54, 1.807) is 0 Å². The van der Waals surface area contributed by atoms with E-state index in [0.29, 0.717) is 0 Å². The van der Waals surface area contributed by atoms with Gasteiger partial charge in [-0.05, 0) is 0 Å². The van der Waals surface area contributed by atoms with Gasteiger partial charge in [0, 0.05) is 0 Å². The number of aliphatic hydroxyl groups excluding tert-OH is 8. The van der Waals surface area contributed by atoms with Crippen LogP contribution in [0.5, 0.6) is 0 Å². The first-order valence-electron chi connectivity index (χ1n) is 5.80. The minimum Gasteiger partial charge on any atom is -0.394 e. The van der Waals surface area contributed by atoms with Crippen molar-refractivity contribution in [2.75, 3.05) is 13.2 Å². The predicted octanol–water partition coefficient (Wildman–Crippen LogP) is -5.10. The smallest absolute Gasteiger partial charge is 0.115 e. The summed E-state index contributed by atoms with van der Waals surface area (Å²) in [7, 11) is 0. The Hall–Kier alpha value is -0.360. The maximum absolute atomic E-state index is 9.75. The highest BCUT2D eigenvalue weighted by atomic mass is 16.5. The monoisotopic (exact) mass is 284 g/mol. The molecule has 9 heteroatoms. The molecule has 8 atom stereocenters. The second kappa shape index (κ2) is 6.88. The molecule has 1 aliphatic rings. The third-order valence-electron chi connectivity index (χ3n) is 3.16. The lowest BCUT2D eigenvalue weighted by atomic mass is 9.91. The summed E-state index contributed by atoms with van der Waals surface area (Å²) in [5, 5.41) is 74.8. The van der Waals surface area contributed by atoms with E-state index >= 15 is 0 Å². The Morgan fingerprint density at radius 1 is 0.947 bits per heavy atom. The number of ether oxygens (including phenoxy) is 1. The zero-order valence-electron chi connectivity index (χ0n) is 10.0. The van der Waals surface area contributed by atoms with Gasteiger partial charge in [-0.3, -0.25) is 0 Å². The van der Waals surface area contributed by atoms with Gasteiger partial charge in [0.15, 0.2) is 0 Å². The van der Waals surface area contributed by atoms with Crippen molar-refractivity contribution in [3.05, 3.63) is 0 Å². The van der Waals surface area contributed by atoms with Gasteiger partial charge < -0.3 is 45.6 Å². The molecule has 9 nitrogen and oxygen atoms in total. The predicted molar refractivity (Wildman–Crippen MR) is 58.9 cm³/mol. The van der Waals surface area contributed by atoms with Gasteiger partial charge in [0.2, 0.25) is 0 Å². The molecule has 0 spiro atoms. The van der Waals surface area contributed by atoms with Gasteiger partial charge in [0.05, 0.1) is 13.2 Å². The average molecular weight is 284 g/mol. The third-order valence-corrected chi connectivity index (χ3v) is 3.16. The van der Waals surface area contributed by atoms with Gasteiger partial charge >= 0.3 is 0 Å². The Morgan fingerprint density at radius 2 is 1.53 bits per heavy atom. The van der Waals surface area contributed by atoms with Crippen LogP contribution < -0.4 is 0 Å². The summed E-state index contributed by atoms with van der Waals surface area (Å²) < 4.78 is 4.89. The lowest BCUT2D eigenvalue weighted by Crippen LogP contribution is -2.61. The molecule has 1 aliphatic heterocycles. The van der Waals surface area contributed by atoms with Crippen molar-refractivity contribution in [1.29, 1.82) is 0 Å². The van der Waals surface area contributed by atoms with E-state index in [1.165, 1.54) is 0 Å². The lowest BCUT2D eigenvalue weighted by Gasteiger charge is -2.39. The van der Waals surface area contributed by atoms with Crippen LogP contribution in [0.1, 0.15) is 0 Å². The molecular formula is C10H20O9. The molecule has 114 valence electrons. The molecule has 1 fully saturated rings. The van der Waals surface area contributed by atoms with E-state index in [4.69, 9.17) is 14.9 Å². The summed E-state index contributed by atoms with van der Waals surface area (Å²) in [5.74, 6) is 0. The van der Waals surface area contributed by atoms with E-state index in [-0.39, 0.29) is 6.61 Å². The summed E-state index contributed by atoms with van der Waals surface area (Å²) in [5.41, 5.74) is 0. The van der Waals surface area contributed by atoms with Crippen LogP contribution in [0.25, 0.3) is 0 Å². The zero-order valence-corrected chi connectivity index (χ0v) is 10.0. The van der Waals surface area contributed by atoms with Gasteiger partial charge in [-0.1, -0.05) is 0 Å². The van der Waals surface area contributed by atoms with Gasteiger partial charge in [-0.25, -0.2) is 0 Å². The first-order chi connectivity index (χ1) is 8.81. The van der Waals surface area contributed by atoms with E-state index in [9.17, 15) is 30.6 Å². The molecule has 8 N–H and O–H groups in total. The topological polar surface area (TPSA) is 171 Å². The van der Waals surface area contributed by atoms with Crippen LogP contribution in [-0.2, 0) is 4.74 Å². The van der Waals surface area contributed by atoms with Crippen molar-refractivity contribution in [3.8, 4) is 0 Å². The first-order valence-corrected chi connectivity index (χ1v) is 5.80. The quantitative estimate of drug-likeness (QED) is 0.246. The van der Waals surface area contributed by atoms with Crippen LogP contribution in [0.3, 0.4) is 0 Å². The highest BCUT2D eigenvalue weighted by Crippen LogP contribution is 2.21. The van der Waals surface area contributed by atoms with Crippen molar-refractivity contribution in [3.63, 3.8) is 0 Å². The molecule has 0 bridgehead atoms. The van der Waals surface area contributed by atoms with E-state index in [2.05, 4.69) is 0 Å². The first kappa shape index (κ1) is 16.7. The standard InChI is InChI=1S/C10H20O9/c11-1-3(12)5(14)7(16)9(18)10-8(17)6(15)4(13)2-19-10/h3-18H,1-2H2/t3-,4-,5-,6+,7-,8-,9?,10?/m1/s1. The summed E-state index contributed by atoms with van der Waals surface area (Å²) >= 11 is 0. The van der Waals surface area contributed by atoms with Crippen LogP contribution in [-0.4, -0.2) is 103 Å². The summed E-state index contributed by atoms with van der Waals surface area (Å²) in [4.78, 5) is 0. The lowest BCUT2D eigenvalue weighted by molar-refractivity contribution is -0.232. The van der Waals surface area contributed by atoms with Crippen LogP contribution >= 0.6 is 0 Å². The highest BCUT2D eigenvalue weighted by Gasteiger charge is 2.45. The van der Waals surface area contributed by atoms with Crippen molar-refractivity contribution in [2.45, 2.75) is 48.8 Å². The fourth-order valence-electron chi connectivity index (χ4n) is 1.86. The molecule has 0 radical (unpaired) electrons.